The van der Waals surface area contributed by atoms with E-state index in [9.17, 15) is 9.59 Å². The molecule has 1 aliphatic rings. The summed E-state index contributed by atoms with van der Waals surface area (Å²) in [5.41, 5.74) is 2.21. The van der Waals surface area contributed by atoms with E-state index >= 15 is 0 Å². The zero-order valence-corrected chi connectivity index (χ0v) is 21.8. The Bertz CT molecular complexity index is 1500. The molecule has 0 radical (unpaired) electrons. The zero-order valence-electron chi connectivity index (χ0n) is 18.7. The molecule has 0 atom stereocenters. The number of hydrogen-bond donors (Lipinski definition) is 0. The number of rotatable bonds is 6. The van der Waals surface area contributed by atoms with E-state index in [1.807, 2.05) is 60.7 Å². The smallest absolute Gasteiger partial charge is 0.293 e. The number of imide groups is 1. The van der Waals surface area contributed by atoms with Crippen molar-refractivity contribution in [3.63, 3.8) is 0 Å². The predicted octanol–water partition coefficient (Wildman–Crippen LogP) is 8.62. The third kappa shape index (κ3) is 5.11. The quantitative estimate of drug-likeness (QED) is 0.224. The topological polar surface area (TPSA) is 46.6 Å². The van der Waals surface area contributed by atoms with Crippen LogP contribution >= 0.6 is 46.6 Å². The minimum Gasteiger partial charge on any atom is -0.488 e. The largest absolute Gasteiger partial charge is 0.488 e. The highest BCUT2D eigenvalue weighted by molar-refractivity contribution is 8.18. The SMILES string of the molecule is O=C1S/C(=C/c2c(OCc3ccc(Cl)cc3)ccc3ccccc23)C(=O)N1Cc1c(Cl)cccc1Cl. The van der Waals surface area contributed by atoms with Crippen LogP contribution in [0.3, 0.4) is 0 Å². The number of ether oxygens (including phenoxy) is 1. The first-order valence-corrected chi connectivity index (χ1v) is 12.9. The lowest BCUT2D eigenvalue weighted by molar-refractivity contribution is -0.123. The Balaban J connectivity index is 1.49. The number of thioether (sulfide) groups is 1. The van der Waals surface area contributed by atoms with Crippen LogP contribution in [0.2, 0.25) is 15.1 Å². The van der Waals surface area contributed by atoms with Crippen LogP contribution in [-0.2, 0) is 17.9 Å². The maximum Gasteiger partial charge on any atom is 0.293 e. The summed E-state index contributed by atoms with van der Waals surface area (Å²) in [5.74, 6) is 0.196. The Morgan fingerprint density at radius 1 is 0.833 bits per heavy atom. The summed E-state index contributed by atoms with van der Waals surface area (Å²) in [6.45, 7) is 0.318. The molecule has 1 aliphatic heterocycles. The van der Waals surface area contributed by atoms with Crippen molar-refractivity contribution >= 4 is 74.6 Å². The lowest BCUT2D eigenvalue weighted by atomic mass is 10.0. The predicted molar refractivity (Wildman–Crippen MR) is 148 cm³/mol. The fourth-order valence-electron chi connectivity index (χ4n) is 3.90. The van der Waals surface area contributed by atoms with E-state index in [1.54, 1.807) is 24.3 Å². The Morgan fingerprint density at radius 3 is 2.31 bits per heavy atom. The van der Waals surface area contributed by atoms with Gasteiger partial charge in [0.15, 0.2) is 0 Å². The Kier molecular flexibility index (Phi) is 7.26. The summed E-state index contributed by atoms with van der Waals surface area (Å²) >= 11 is 19.4. The summed E-state index contributed by atoms with van der Waals surface area (Å²) in [7, 11) is 0. The van der Waals surface area contributed by atoms with E-state index in [0.717, 1.165) is 38.6 Å². The summed E-state index contributed by atoms with van der Waals surface area (Å²) in [5, 5.41) is 2.97. The maximum atomic E-state index is 13.3. The molecule has 1 fully saturated rings. The van der Waals surface area contributed by atoms with Crippen LogP contribution in [0.15, 0.2) is 83.8 Å². The highest BCUT2D eigenvalue weighted by Crippen LogP contribution is 2.38. The first kappa shape index (κ1) is 24.7. The Labute approximate surface area is 227 Å². The van der Waals surface area contributed by atoms with Crippen molar-refractivity contribution in [2.24, 2.45) is 0 Å². The standard InChI is InChI=1S/C28H18Cl3NO3S/c29-19-11-8-17(9-12-19)16-35-25-13-10-18-4-1-2-5-20(18)21(25)14-26-27(33)32(28(34)36-26)15-22-23(30)6-3-7-24(22)31/h1-14H,15-16H2/b26-14+. The van der Waals surface area contributed by atoms with Gasteiger partial charge in [0.1, 0.15) is 12.4 Å². The number of nitrogens with zero attached hydrogens (tertiary/aromatic N) is 1. The van der Waals surface area contributed by atoms with Gasteiger partial charge in [-0.1, -0.05) is 83.3 Å². The molecule has 4 aromatic carbocycles. The van der Waals surface area contributed by atoms with Gasteiger partial charge in [0.05, 0.1) is 11.4 Å². The number of amides is 2. The van der Waals surface area contributed by atoms with Gasteiger partial charge >= 0.3 is 0 Å². The number of benzene rings is 4. The molecule has 36 heavy (non-hydrogen) atoms. The number of hydrogen-bond acceptors (Lipinski definition) is 4. The fraction of sp³-hybridized carbons (Fsp3) is 0.0714. The summed E-state index contributed by atoms with van der Waals surface area (Å²) < 4.78 is 6.16. The molecular formula is C28H18Cl3NO3S. The highest BCUT2D eigenvalue weighted by Gasteiger charge is 2.36. The highest BCUT2D eigenvalue weighted by atomic mass is 35.5. The first-order valence-electron chi connectivity index (χ1n) is 11.0. The van der Waals surface area contributed by atoms with Gasteiger partial charge in [-0.3, -0.25) is 14.5 Å². The molecule has 0 unspecified atom stereocenters. The van der Waals surface area contributed by atoms with Gasteiger partial charge in [-0.2, -0.15) is 0 Å². The average Bonchev–Trinajstić information content (AvgIpc) is 3.14. The van der Waals surface area contributed by atoms with Crippen molar-refractivity contribution in [3.05, 3.63) is 116 Å². The molecule has 0 aliphatic carbocycles. The van der Waals surface area contributed by atoms with Crippen LogP contribution in [0.5, 0.6) is 5.75 Å². The zero-order chi connectivity index (χ0) is 25.2. The van der Waals surface area contributed by atoms with Gasteiger partial charge in [-0.25, -0.2) is 0 Å². The van der Waals surface area contributed by atoms with Crippen molar-refractivity contribution in [1.82, 2.24) is 4.90 Å². The fourth-order valence-corrected chi connectivity index (χ4v) is 5.36. The van der Waals surface area contributed by atoms with E-state index in [4.69, 9.17) is 39.5 Å². The molecule has 180 valence electrons. The van der Waals surface area contributed by atoms with Gasteiger partial charge in [0.2, 0.25) is 0 Å². The normalized spacial score (nSPS) is 14.8. The molecule has 4 nitrogen and oxygen atoms in total. The van der Waals surface area contributed by atoms with E-state index in [0.29, 0.717) is 37.9 Å². The van der Waals surface area contributed by atoms with Gasteiger partial charge < -0.3 is 4.74 Å². The number of carbonyl (C=O) groups excluding carboxylic acids is 2. The molecule has 4 aromatic rings. The molecule has 0 bridgehead atoms. The van der Waals surface area contributed by atoms with Crippen molar-refractivity contribution in [2.45, 2.75) is 13.2 Å². The molecular weight excluding hydrogens is 537 g/mol. The van der Waals surface area contributed by atoms with Crippen molar-refractivity contribution in [2.75, 3.05) is 0 Å². The van der Waals surface area contributed by atoms with Gasteiger partial charge in [-0.15, -0.1) is 0 Å². The third-order valence-corrected chi connectivity index (χ3v) is 7.63. The Morgan fingerprint density at radius 2 is 1.56 bits per heavy atom. The van der Waals surface area contributed by atoms with Crippen LogP contribution in [0.1, 0.15) is 16.7 Å². The van der Waals surface area contributed by atoms with Gasteiger partial charge in [-0.05, 0) is 64.5 Å². The molecule has 0 N–H and O–H groups in total. The van der Waals surface area contributed by atoms with E-state index in [-0.39, 0.29) is 11.8 Å². The second-order valence-electron chi connectivity index (χ2n) is 8.08. The van der Waals surface area contributed by atoms with Crippen molar-refractivity contribution in [3.8, 4) is 5.75 Å². The first-order chi connectivity index (χ1) is 17.4. The average molecular weight is 555 g/mol. The number of carbonyl (C=O) groups is 2. The van der Waals surface area contributed by atoms with E-state index < -0.39 is 5.91 Å². The minimum absolute atomic E-state index is 0.00399. The van der Waals surface area contributed by atoms with Crippen LogP contribution < -0.4 is 4.74 Å². The lowest BCUT2D eigenvalue weighted by Crippen LogP contribution is -2.27. The third-order valence-electron chi connectivity index (χ3n) is 5.77. The van der Waals surface area contributed by atoms with Crippen molar-refractivity contribution in [1.29, 1.82) is 0 Å². The number of fused-ring (bicyclic) bond motifs is 1. The van der Waals surface area contributed by atoms with Gasteiger partial charge in [0.25, 0.3) is 11.1 Å². The molecule has 1 heterocycles. The summed E-state index contributed by atoms with van der Waals surface area (Å²) in [6, 6.07) is 24.1. The second kappa shape index (κ2) is 10.6. The lowest BCUT2D eigenvalue weighted by Gasteiger charge is -2.15. The van der Waals surface area contributed by atoms with Crippen LogP contribution in [0, 0.1) is 0 Å². The molecule has 1 saturated heterocycles. The minimum atomic E-state index is -0.405. The van der Waals surface area contributed by atoms with E-state index in [2.05, 4.69) is 0 Å². The number of halogens is 3. The maximum absolute atomic E-state index is 13.3. The molecule has 5 rings (SSSR count). The van der Waals surface area contributed by atoms with Crippen LogP contribution in [-0.4, -0.2) is 16.0 Å². The molecule has 0 saturated carbocycles. The summed E-state index contributed by atoms with van der Waals surface area (Å²) in [4.78, 5) is 27.5. The molecule has 2 amide bonds. The molecule has 8 heteroatoms. The molecule has 0 aromatic heterocycles. The molecule has 0 spiro atoms. The van der Waals surface area contributed by atoms with Crippen LogP contribution in [0.25, 0.3) is 16.8 Å². The summed E-state index contributed by atoms with van der Waals surface area (Å²) in [6.07, 6.45) is 1.72. The van der Waals surface area contributed by atoms with E-state index in [1.165, 1.54) is 0 Å². The monoisotopic (exact) mass is 553 g/mol. The Hall–Kier alpha value is -2.96. The van der Waals surface area contributed by atoms with Crippen molar-refractivity contribution < 1.29 is 14.3 Å². The van der Waals surface area contributed by atoms with Gasteiger partial charge in [0, 0.05) is 26.2 Å². The van der Waals surface area contributed by atoms with Crippen LogP contribution in [0.4, 0.5) is 4.79 Å². The second-order valence-corrected chi connectivity index (χ2v) is 10.3.